The molecule has 2 aromatic rings. The Morgan fingerprint density at radius 2 is 1.87 bits per heavy atom. The van der Waals surface area contributed by atoms with Crippen molar-refractivity contribution in [2.24, 2.45) is 0 Å². The molecule has 1 unspecified atom stereocenters. The quantitative estimate of drug-likeness (QED) is 0.277. The predicted molar refractivity (Wildman–Crippen MR) is 117 cm³/mol. The first-order valence-electron chi connectivity index (χ1n) is 9.87. The van der Waals surface area contributed by atoms with Crippen molar-refractivity contribution in [1.29, 1.82) is 0 Å². The summed E-state index contributed by atoms with van der Waals surface area (Å²) < 4.78 is 20.4. The van der Waals surface area contributed by atoms with Gasteiger partial charge in [0.05, 0.1) is 16.9 Å². The summed E-state index contributed by atoms with van der Waals surface area (Å²) in [5.74, 6) is -0.405. The molecule has 1 heterocycles. The largest absolute Gasteiger partial charge is 0.593 e. The van der Waals surface area contributed by atoms with Crippen LogP contribution >= 0.6 is 0 Å². The van der Waals surface area contributed by atoms with Gasteiger partial charge in [-0.05, 0) is 43.5 Å². The van der Waals surface area contributed by atoms with E-state index in [-0.39, 0.29) is 6.73 Å². The van der Waals surface area contributed by atoms with Crippen molar-refractivity contribution in [1.82, 2.24) is 9.21 Å². The first-order chi connectivity index (χ1) is 14.5. The fraction of sp³-hybridized carbons (Fsp3) is 0.304. The highest BCUT2D eigenvalue weighted by molar-refractivity contribution is 7.89. The lowest BCUT2D eigenvalue weighted by Crippen LogP contribution is -2.29. The molecule has 1 fully saturated rings. The van der Waals surface area contributed by atoms with Gasteiger partial charge < -0.3 is 14.2 Å². The van der Waals surface area contributed by atoms with Crippen LogP contribution in [0.2, 0.25) is 0 Å². The lowest BCUT2D eigenvalue weighted by atomic mass is 10.0. The molecule has 3 rings (SSSR count). The van der Waals surface area contributed by atoms with Crippen LogP contribution in [0.15, 0.2) is 59.6 Å². The predicted octanol–water partition coefficient (Wildman–Crippen LogP) is 3.72. The van der Waals surface area contributed by atoms with E-state index < -0.39 is 17.3 Å². The van der Waals surface area contributed by atoms with Gasteiger partial charge in [-0.3, -0.25) is 4.79 Å². The maximum absolute atomic E-state index is 13.1. The van der Waals surface area contributed by atoms with Crippen molar-refractivity contribution in [2.75, 3.05) is 26.9 Å². The second-order valence-corrected chi connectivity index (χ2v) is 8.67. The van der Waals surface area contributed by atoms with Gasteiger partial charge >= 0.3 is 5.97 Å². The molecule has 158 valence electrons. The molecule has 2 aromatic carbocycles. The molecule has 30 heavy (non-hydrogen) atoms. The van der Waals surface area contributed by atoms with Crippen LogP contribution in [0, 0.1) is 0 Å². The molecular formula is C23H26N2O4S. The number of carbonyl (C=O) groups excluding carboxylic acids is 2. The molecule has 0 aromatic heterocycles. The standard InChI is InChI=1S/C23H26N2O4S/c1-18(15-24(2)17-29-23(27)19-9-4-3-5-10-19)22-20(16-26)11-8-12-21(22)30(28)25-13-6-7-14-25/h3-5,8-12,15-16H,6-7,13-14,17H2,1-2H3/b18-15-. The van der Waals surface area contributed by atoms with E-state index in [1.165, 1.54) is 0 Å². The number of hydrogen-bond donors (Lipinski definition) is 0. The van der Waals surface area contributed by atoms with Crippen LogP contribution in [0.5, 0.6) is 0 Å². The topological polar surface area (TPSA) is 72.9 Å². The van der Waals surface area contributed by atoms with Crippen LogP contribution in [-0.4, -0.2) is 52.9 Å². The van der Waals surface area contributed by atoms with Gasteiger partial charge in [0, 0.05) is 37.5 Å². The van der Waals surface area contributed by atoms with E-state index in [1.54, 1.807) is 54.5 Å². The molecule has 1 aliphatic heterocycles. The van der Waals surface area contributed by atoms with Crippen LogP contribution in [-0.2, 0) is 16.1 Å². The summed E-state index contributed by atoms with van der Waals surface area (Å²) in [7, 11) is 1.78. The number of ether oxygens (including phenoxy) is 1. The molecule has 1 atom stereocenters. The molecule has 0 amide bonds. The van der Waals surface area contributed by atoms with Crippen LogP contribution < -0.4 is 0 Å². The molecule has 6 nitrogen and oxygen atoms in total. The number of benzene rings is 2. The number of esters is 1. The van der Waals surface area contributed by atoms with Crippen molar-refractivity contribution >= 4 is 29.2 Å². The van der Waals surface area contributed by atoms with Gasteiger partial charge in [-0.15, -0.1) is 4.31 Å². The highest BCUT2D eigenvalue weighted by Crippen LogP contribution is 2.30. The fourth-order valence-electron chi connectivity index (χ4n) is 3.46. The van der Waals surface area contributed by atoms with Gasteiger partial charge in [0.15, 0.2) is 17.9 Å². The SMILES string of the molecule is C/C(=C/N(C)COC(=O)c1ccccc1)c1c(C=O)cccc1[S+]([O-])N1CCCC1. The minimum absolute atomic E-state index is 0.0544. The van der Waals surface area contributed by atoms with Gasteiger partial charge in [0.2, 0.25) is 0 Å². The zero-order valence-corrected chi connectivity index (χ0v) is 18.1. The number of carbonyl (C=O) groups is 2. The van der Waals surface area contributed by atoms with E-state index in [0.717, 1.165) is 37.8 Å². The second-order valence-electron chi connectivity index (χ2n) is 7.22. The van der Waals surface area contributed by atoms with Crippen molar-refractivity contribution in [3.05, 3.63) is 71.4 Å². The van der Waals surface area contributed by atoms with E-state index in [2.05, 4.69) is 0 Å². The Morgan fingerprint density at radius 1 is 1.17 bits per heavy atom. The maximum atomic E-state index is 13.1. The molecule has 0 saturated carbocycles. The highest BCUT2D eigenvalue weighted by Gasteiger charge is 2.29. The van der Waals surface area contributed by atoms with Gasteiger partial charge in [0.1, 0.15) is 0 Å². The number of rotatable bonds is 8. The Morgan fingerprint density at radius 3 is 2.53 bits per heavy atom. The van der Waals surface area contributed by atoms with E-state index in [1.807, 2.05) is 23.4 Å². The summed E-state index contributed by atoms with van der Waals surface area (Å²) >= 11 is -1.32. The second kappa shape index (κ2) is 10.4. The monoisotopic (exact) mass is 426 g/mol. The minimum atomic E-state index is -1.32. The molecule has 0 spiro atoms. The van der Waals surface area contributed by atoms with E-state index in [9.17, 15) is 14.1 Å². The van der Waals surface area contributed by atoms with Gasteiger partial charge in [-0.25, -0.2) is 4.79 Å². The molecule has 0 bridgehead atoms. The van der Waals surface area contributed by atoms with E-state index >= 15 is 0 Å². The van der Waals surface area contributed by atoms with E-state index in [4.69, 9.17) is 4.74 Å². The maximum Gasteiger partial charge on any atom is 0.339 e. The molecule has 0 aliphatic carbocycles. The third-order valence-electron chi connectivity index (χ3n) is 4.89. The van der Waals surface area contributed by atoms with Crippen molar-refractivity contribution in [3.63, 3.8) is 0 Å². The van der Waals surface area contributed by atoms with Crippen molar-refractivity contribution < 1.29 is 18.9 Å². The number of allylic oxidation sites excluding steroid dienone is 1. The first-order valence-corrected chi connectivity index (χ1v) is 11.0. The Hall–Kier alpha value is -2.61. The zero-order valence-electron chi connectivity index (χ0n) is 17.2. The number of hydrogen-bond acceptors (Lipinski definition) is 6. The smallest absolute Gasteiger partial charge is 0.339 e. The number of nitrogens with zero attached hydrogens (tertiary/aromatic N) is 2. The van der Waals surface area contributed by atoms with Crippen LogP contribution in [0.1, 0.15) is 46.0 Å². The Bertz CT molecular complexity index is 911. The number of aldehydes is 1. The van der Waals surface area contributed by atoms with Crippen LogP contribution in [0.25, 0.3) is 5.57 Å². The van der Waals surface area contributed by atoms with Crippen LogP contribution in [0.3, 0.4) is 0 Å². The molecule has 7 heteroatoms. The average Bonchev–Trinajstić information content (AvgIpc) is 3.31. The summed E-state index contributed by atoms with van der Waals surface area (Å²) in [6.45, 7) is 3.49. The van der Waals surface area contributed by atoms with Gasteiger partial charge in [-0.1, -0.05) is 30.3 Å². The molecule has 1 aliphatic rings. The highest BCUT2D eigenvalue weighted by atomic mass is 32.2. The molecule has 1 saturated heterocycles. The molecule has 0 N–H and O–H groups in total. The van der Waals surface area contributed by atoms with E-state index in [0.29, 0.717) is 21.6 Å². The third kappa shape index (κ3) is 5.30. The minimum Gasteiger partial charge on any atom is -0.593 e. The lowest BCUT2D eigenvalue weighted by molar-refractivity contribution is 0.0351. The summed E-state index contributed by atoms with van der Waals surface area (Å²) in [4.78, 5) is 26.1. The van der Waals surface area contributed by atoms with Gasteiger partial charge in [-0.2, -0.15) is 0 Å². The normalized spacial score (nSPS) is 15.6. The average molecular weight is 427 g/mol. The Balaban J connectivity index is 1.77. The first kappa shape index (κ1) is 22.1. The summed E-state index contributed by atoms with van der Waals surface area (Å²) in [6.07, 6.45) is 4.63. The summed E-state index contributed by atoms with van der Waals surface area (Å²) in [6, 6.07) is 14.1. The van der Waals surface area contributed by atoms with Gasteiger partial charge in [0.25, 0.3) is 0 Å². The Kier molecular flexibility index (Phi) is 7.68. The summed E-state index contributed by atoms with van der Waals surface area (Å²) in [5, 5.41) is 0. The zero-order chi connectivity index (χ0) is 21.5. The fourth-order valence-corrected chi connectivity index (χ4v) is 4.97. The Labute approximate surface area is 180 Å². The molecule has 0 radical (unpaired) electrons. The summed E-state index contributed by atoms with van der Waals surface area (Å²) in [5.41, 5.74) is 2.42. The lowest BCUT2D eigenvalue weighted by Gasteiger charge is -2.22. The van der Waals surface area contributed by atoms with Crippen molar-refractivity contribution in [3.8, 4) is 0 Å². The van der Waals surface area contributed by atoms with Crippen LogP contribution in [0.4, 0.5) is 0 Å². The van der Waals surface area contributed by atoms with Crippen molar-refractivity contribution in [2.45, 2.75) is 24.7 Å². The molecular weight excluding hydrogens is 400 g/mol. The third-order valence-corrected chi connectivity index (χ3v) is 6.44.